The summed E-state index contributed by atoms with van der Waals surface area (Å²) in [6.07, 6.45) is 5.19. The number of likely N-dealkylation sites (N-methyl/N-ethyl adjacent to an activating group) is 1. The van der Waals surface area contributed by atoms with E-state index in [1.54, 1.807) is 7.05 Å². The van der Waals surface area contributed by atoms with Gasteiger partial charge in [-0.1, -0.05) is 18.7 Å². The Hall–Kier alpha value is -2.63. The number of benzene rings is 1. The number of hydrogen-bond donors (Lipinski definition) is 0. The third kappa shape index (κ3) is 3.90. The summed E-state index contributed by atoms with van der Waals surface area (Å²) in [6.45, 7) is 5.89. The van der Waals surface area contributed by atoms with Crippen molar-refractivity contribution in [3.63, 3.8) is 0 Å². The van der Waals surface area contributed by atoms with Crippen LogP contribution in [0.25, 0.3) is 11.0 Å². The van der Waals surface area contributed by atoms with Gasteiger partial charge in [-0.15, -0.1) is 0 Å². The van der Waals surface area contributed by atoms with E-state index in [2.05, 4.69) is 22.2 Å². The average Bonchev–Trinajstić information content (AvgIpc) is 3.04. The molecule has 1 unspecified atom stereocenters. The standard InChI is InChI=1S/C19H24N4O2/c1-3-18(24)21(2)13-19(25)22-10-6-7-15(11-22)12-23-14-20-16-8-4-5-9-17(16)23/h3-5,8-9,14-15H,1,6-7,10-13H2,2H3. The molecule has 1 aromatic carbocycles. The fourth-order valence-electron chi connectivity index (χ4n) is 3.41. The summed E-state index contributed by atoms with van der Waals surface area (Å²) in [5.41, 5.74) is 2.12. The lowest BCUT2D eigenvalue weighted by molar-refractivity contribution is -0.138. The van der Waals surface area contributed by atoms with Crippen molar-refractivity contribution in [2.45, 2.75) is 19.4 Å². The highest BCUT2D eigenvalue weighted by molar-refractivity contribution is 5.90. The topological polar surface area (TPSA) is 58.4 Å². The van der Waals surface area contributed by atoms with E-state index in [9.17, 15) is 9.59 Å². The molecule has 0 saturated carbocycles. The quantitative estimate of drug-likeness (QED) is 0.782. The number of likely N-dealkylation sites (tertiary alicyclic amines) is 1. The first-order valence-corrected chi connectivity index (χ1v) is 8.63. The van der Waals surface area contributed by atoms with Crippen LogP contribution in [0, 0.1) is 5.92 Å². The number of nitrogens with zero attached hydrogens (tertiary/aromatic N) is 4. The van der Waals surface area contributed by atoms with Gasteiger partial charge in [0, 0.05) is 26.7 Å². The summed E-state index contributed by atoms with van der Waals surface area (Å²) >= 11 is 0. The molecule has 1 atom stereocenters. The highest BCUT2D eigenvalue weighted by Gasteiger charge is 2.25. The molecular formula is C19H24N4O2. The van der Waals surface area contributed by atoms with Crippen molar-refractivity contribution in [1.82, 2.24) is 19.4 Å². The number of aromatic nitrogens is 2. The molecule has 1 aliphatic rings. The Bertz CT molecular complexity index is 783. The number of carbonyl (C=O) groups excluding carboxylic acids is 2. The largest absolute Gasteiger partial charge is 0.341 e. The van der Waals surface area contributed by atoms with Gasteiger partial charge in [-0.25, -0.2) is 4.98 Å². The Balaban J connectivity index is 1.62. The number of carbonyl (C=O) groups is 2. The second-order valence-electron chi connectivity index (χ2n) is 6.63. The van der Waals surface area contributed by atoms with Gasteiger partial charge in [0.2, 0.25) is 11.8 Å². The normalized spacial score (nSPS) is 17.5. The van der Waals surface area contributed by atoms with Gasteiger partial charge in [0.05, 0.1) is 23.9 Å². The maximum absolute atomic E-state index is 12.5. The first-order chi connectivity index (χ1) is 12.1. The predicted octanol–water partition coefficient (Wildman–Crippen LogP) is 1.92. The van der Waals surface area contributed by atoms with Crippen molar-refractivity contribution >= 4 is 22.8 Å². The van der Waals surface area contributed by atoms with E-state index >= 15 is 0 Å². The Kier molecular flexibility index (Phi) is 5.16. The molecule has 6 nitrogen and oxygen atoms in total. The molecule has 2 heterocycles. The molecule has 1 fully saturated rings. The van der Waals surface area contributed by atoms with Gasteiger partial charge in [-0.2, -0.15) is 0 Å². The van der Waals surface area contributed by atoms with Gasteiger partial charge >= 0.3 is 0 Å². The minimum absolute atomic E-state index is 0.00195. The number of rotatable bonds is 5. The van der Waals surface area contributed by atoms with Gasteiger partial charge in [0.1, 0.15) is 0 Å². The summed E-state index contributed by atoms with van der Waals surface area (Å²) in [6, 6.07) is 8.09. The van der Waals surface area contributed by atoms with Crippen molar-refractivity contribution in [3.8, 4) is 0 Å². The average molecular weight is 340 g/mol. The molecule has 2 amide bonds. The number of hydrogen-bond acceptors (Lipinski definition) is 3. The van der Waals surface area contributed by atoms with Crippen LogP contribution < -0.4 is 0 Å². The van der Waals surface area contributed by atoms with Crippen molar-refractivity contribution in [1.29, 1.82) is 0 Å². The smallest absolute Gasteiger partial charge is 0.246 e. The van der Waals surface area contributed by atoms with E-state index in [1.807, 2.05) is 29.4 Å². The van der Waals surface area contributed by atoms with Crippen LogP contribution in [0.15, 0.2) is 43.2 Å². The summed E-state index contributed by atoms with van der Waals surface area (Å²) < 4.78 is 2.17. The minimum Gasteiger partial charge on any atom is -0.341 e. The molecular weight excluding hydrogens is 316 g/mol. The highest BCUT2D eigenvalue weighted by atomic mass is 16.2. The van der Waals surface area contributed by atoms with Gasteiger partial charge in [-0.05, 0) is 37.0 Å². The number of para-hydroxylation sites is 2. The monoisotopic (exact) mass is 340 g/mol. The third-order valence-electron chi connectivity index (χ3n) is 4.78. The summed E-state index contributed by atoms with van der Waals surface area (Å²) in [4.78, 5) is 31.7. The zero-order valence-corrected chi connectivity index (χ0v) is 14.6. The summed E-state index contributed by atoms with van der Waals surface area (Å²) in [5.74, 6) is 0.167. The highest BCUT2D eigenvalue weighted by Crippen LogP contribution is 2.21. The molecule has 1 saturated heterocycles. The minimum atomic E-state index is -0.230. The molecule has 3 rings (SSSR count). The molecule has 132 valence electrons. The van der Waals surface area contributed by atoms with Gasteiger partial charge < -0.3 is 14.4 Å². The molecule has 1 aromatic heterocycles. The lowest BCUT2D eigenvalue weighted by Crippen LogP contribution is -2.45. The third-order valence-corrected chi connectivity index (χ3v) is 4.78. The van der Waals surface area contributed by atoms with Crippen LogP contribution in [0.3, 0.4) is 0 Å². The SMILES string of the molecule is C=CC(=O)N(C)CC(=O)N1CCCC(Cn2cnc3ccccc32)C1. The number of imidazole rings is 1. The Labute approximate surface area is 147 Å². The summed E-state index contributed by atoms with van der Waals surface area (Å²) in [7, 11) is 1.63. The predicted molar refractivity (Wildman–Crippen MR) is 96.9 cm³/mol. The van der Waals surface area contributed by atoms with Crippen LogP contribution in [-0.4, -0.2) is 57.8 Å². The number of fused-ring (bicyclic) bond motifs is 1. The van der Waals surface area contributed by atoms with Crippen LogP contribution in [0.4, 0.5) is 0 Å². The van der Waals surface area contributed by atoms with Crippen LogP contribution >= 0.6 is 0 Å². The van der Waals surface area contributed by atoms with Gasteiger partial charge in [0.15, 0.2) is 0 Å². The van der Waals surface area contributed by atoms with Gasteiger partial charge in [-0.3, -0.25) is 9.59 Å². The molecule has 6 heteroatoms. The zero-order chi connectivity index (χ0) is 17.8. The number of piperidine rings is 1. The van der Waals surface area contributed by atoms with Crippen molar-refractivity contribution in [3.05, 3.63) is 43.2 Å². The Morgan fingerprint density at radius 1 is 1.40 bits per heavy atom. The lowest BCUT2D eigenvalue weighted by Gasteiger charge is -2.34. The molecule has 0 N–H and O–H groups in total. The lowest BCUT2D eigenvalue weighted by atomic mass is 9.97. The summed E-state index contributed by atoms with van der Waals surface area (Å²) in [5, 5.41) is 0. The number of amides is 2. The van der Waals surface area contributed by atoms with E-state index in [4.69, 9.17) is 0 Å². The Morgan fingerprint density at radius 3 is 3.00 bits per heavy atom. The molecule has 25 heavy (non-hydrogen) atoms. The van der Waals surface area contributed by atoms with Crippen molar-refractivity contribution in [2.75, 3.05) is 26.7 Å². The van der Waals surface area contributed by atoms with Crippen LogP contribution in [-0.2, 0) is 16.1 Å². The first-order valence-electron chi connectivity index (χ1n) is 8.63. The maximum Gasteiger partial charge on any atom is 0.246 e. The van der Waals surface area contributed by atoms with Crippen LogP contribution in [0.5, 0.6) is 0 Å². The van der Waals surface area contributed by atoms with Crippen molar-refractivity contribution < 1.29 is 9.59 Å². The van der Waals surface area contributed by atoms with Crippen LogP contribution in [0.2, 0.25) is 0 Å². The zero-order valence-electron chi connectivity index (χ0n) is 14.6. The molecule has 0 radical (unpaired) electrons. The maximum atomic E-state index is 12.5. The fraction of sp³-hybridized carbons (Fsp3) is 0.421. The van der Waals surface area contributed by atoms with Crippen LogP contribution in [0.1, 0.15) is 12.8 Å². The van der Waals surface area contributed by atoms with E-state index in [-0.39, 0.29) is 18.4 Å². The van der Waals surface area contributed by atoms with E-state index < -0.39 is 0 Å². The molecule has 2 aromatic rings. The van der Waals surface area contributed by atoms with E-state index in [0.29, 0.717) is 5.92 Å². The van der Waals surface area contributed by atoms with Gasteiger partial charge in [0.25, 0.3) is 0 Å². The van der Waals surface area contributed by atoms with Crippen molar-refractivity contribution in [2.24, 2.45) is 5.92 Å². The first kappa shape index (κ1) is 17.2. The fourth-order valence-corrected chi connectivity index (χ4v) is 3.41. The molecule has 0 bridgehead atoms. The second-order valence-corrected chi connectivity index (χ2v) is 6.63. The van der Waals surface area contributed by atoms with E-state index in [1.165, 1.54) is 11.0 Å². The van der Waals surface area contributed by atoms with E-state index in [0.717, 1.165) is 43.5 Å². The molecule has 1 aliphatic heterocycles. The molecule has 0 spiro atoms. The second kappa shape index (κ2) is 7.51. The molecule has 0 aliphatic carbocycles. The Morgan fingerprint density at radius 2 is 2.20 bits per heavy atom.